The summed E-state index contributed by atoms with van der Waals surface area (Å²) in [7, 11) is 0. The van der Waals surface area contributed by atoms with Gasteiger partial charge >= 0.3 is 6.09 Å². The van der Waals surface area contributed by atoms with Crippen molar-refractivity contribution < 1.29 is 19.1 Å². The maximum atomic E-state index is 14.1. The van der Waals surface area contributed by atoms with Crippen molar-refractivity contribution in [3.63, 3.8) is 0 Å². The van der Waals surface area contributed by atoms with Gasteiger partial charge in [0.05, 0.1) is 6.54 Å². The fourth-order valence-electron chi connectivity index (χ4n) is 2.88. The molecule has 0 aromatic heterocycles. The van der Waals surface area contributed by atoms with E-state index in [9.17, 15) is 19.1 Å². The molecule has 1 unspecified atom stereocenters. The maximum absolute atomic E-state index is 14.1. The Bertz CT molecular complexity index is 530. The molecule has 1 aliphatic rings. The Balaban J connectivity index is 3.21. The molecule has 23 heavy (non-hydrogen) atoms. The largest absolute Gasteiger partial charge is 0.465 e. The lowest BCUT2D eigenvalue weighted by Crippen LogP contribution is -2.61. The van der Waals surface area contributed by atoms with E-state index in [0.717, 1.165) is 4.90 Å². The van der Waals surface area contributed by atoms with Gasteiger partial charge in [-0.05, 0) is 26.2 Å². The van der Waals surface area contributed by atoms with Crippen LogP contribution in [0.3, 0.4) is 0 Å². The van der Waals surface area contributed by atoms with Crippen molar-refractivity contribution in [1.29, 1.82) is 5.26 Å². The van der Waals surface area contributed by atoms with E-state index in [4.69, 9.17) is 5.26 Å². The molecule has 1 aliphatic heterocycles. The highest BCUT2D eigenvalue weighted by Crippen LogP contribution is 2.34. The zero-order chi connectivity index (χ0) is 18.2. The molecule has 0 radical (unpaired) electrons. The number of nitriles is 1. The number of nitrogens with zero attached hydrogens (tertiary/aromatic N) is 3. The summed E-state index contributed by atoms with van der Waals surface area (Å²) in [5, 5.41) is 18.5. The van der Waals surface area contributed by atoms with Gasteiger partial charge in [0.2, 0.25) is 11.6 Å². The second-order valence-corrected chi connectivity index (χ2v) is 8.18. The van der Waals surface area contributed by atoms with Crippen LogP contribution in [0, 0.1) is 16.7 Å². The number of amides is 2. The summed E-state index contributed by atoms with van der Waals surface area (Å²) in [6.45, 7) is 10.3. The molecule has 0 bridgehead atoms. The van der Waals surface area contributed by atoms with Crippen molar-refractivity contribution in [2.24, 2.45) is 5.41 Å². The number of halogens is 1. The van der Waals surface area contributed by atoms with Crippen LogP contribution in [0.1, 0.15) is 48.0 Å². The molecule has 6 nitrogen and oxygen atoms in total. The van der Waals surface area contributed by atoms with E-state index in [0.29, 0.717) is 0 Å². The molecule has 0 aromatic carbocycles. The first-order valence-corrected chi connectivity index (χ1v) is 7.64. The Kier molecular flexibility index (Phi) is 5.00. The molecule has 1 saturated heterocycles. The summed E-state index contributed by atoms with van der Waals surface area (Å²) in [6.07, 6.45) is -1.24. The van der Waals surface area contributed by atoms with Crippen molar-refractivity contribution in [2.75, 3.05) is 13.1 Å². The third-order valence-electron chi connectivity index (χ3n) is 3.97. The lowest BCUT2D eigenvalue weighted by molar-refractivity contribution is -0.142. The quantitative estimate of drug-likeness (QED) is 0.845. The van der Waals surface area contributed by atoms with Crippen molar-refractivity contribution in [2.45, 2.75) is 65.2 Å². The van der Waals surface area contributed by atoms with E-state index in [1.807, 2.05) is 0 Å². The van der Waals surface area contributed by atoms with Crippen molar-refractivity contribution in [3.8, 4) is 6.07 Å². The van der Waals surface area contributed by atoms with E-state index in [1.54, 1.807) is 47.6 Å². The maximum Gasteiger partial charge on any atom is 0.408 e. The van der Waals surface area contributed by atoms with Crippen LogP contribution in [0.4, 0.5) is 9.18 Å². The summed E-state index contributed by atoms with van der Waals surface area (Å²) in [5.74, 6) is -0.454. The van der Waals surface area contributed by atoms with Crippen LogP contribution in [0.2, 0.25) is 0 Å². The molecule has 1 heterocycles. The minimum Gasteiger partial charge on any atom is -0.465 e. The Labute approximate surface area is 136 Å². The first kappa shape index (κ1) is 19.2. The van der Waals surface area contributed by atoms with Crippen LogP contribution in [0.5, 0.6) is 0 Å². The molecule has 2 atom stereocenters. The van der Waals surface area contributed by atoms with Crippen LogP contribution in [0.15, 0.2) is 0 Å². The van der Waals surface area contributed by atoms with Crippen LogP contribution >= 0.6 is 0 Å². The summed E-state index contributed by atoms with van der Waals surface area (Å²) >= 11 is 0. The van der Waals surface area contributed by atoms with E-state index >= 15 is 0 Å². The van der Waals surface area contributed by atoms with E-state index < -0.39 is 34.7 Å². The molecule has 0 aliphatic carbocycles. The molecule has 0 saturated carbocycles. The van der Waals surface area contributed by atoms with Crippen molar-refractivity contribution >= 4 is 12.0 Å². The van der Waals surface area contributed by atoms with Gasteiger partial charge in [-0.3, -0.25) is 9.69 Å². The molecule has 1 N–H and O–H groups in total. The third-order valence-corrected chi connectivity index (χ3v) is 3.97. The second kappa shape index (κ2) is 5.99. The fourth-order valence-corrected chi connectivity index (χ4v) is 2.88. The van der Waals surface area contributed by atoms with Gasteiger partial charge in [0, 0.05) is 18.5 Å². The van der Waals surface area contributed by atoms with Crippen LogP contribution in [-0.4, -0.2) is 57.2 Å². The van der Waals surface area contributed by atoms with E-state index in [2.05, 4.69) is 0 Å². The van der Waals surface area contributed by atoms with Crippen LogP contribution < -0.4 is 0 Å². The predicted molar refractivity (Wildman–Crippen MR) is 83.5 cm³/mol. The number of rotatable bonds is 2. The normalized spacial score (nSPS) is 23.3. The standard InChI is InChI=1S/C16H26FN3O3/c1-14(2,3)11(20(13(22)23)15(4,5)6)12(21)19-8-7-16(17,9-18)10-19/h11H,7-8,10H2,1-6H3,(H,22,23)/t11-,16?/m0/s1. The number of alkyl halides is 1. The number of carbonyl (C=O) groups excluding carboxylic acids is 1. The van der Waals surface area contributed by atoms with Gasteiger partial charge in [-0.2, -0.15) is 5.26 Å². The Morgan fingerprint density at radius 1 is 1.30 bits per heavy atom. The Morgan fingerprint density at radius 3 is 2.13 bits per heavy atom. The smallest absolute Gasteiger partial charge is 0.408 e. The van der Waals surface area contributed by atoms with Gasteiger partial charge < -0.3 is 10.0 Å². The molecular formula is C16H26FN3O3. The van der Waals surface area contributed by atoms with E-state index in [1.165, 1.54) is 4.90 Å². The van der Waals surface area contributed by atoms with Gasteiger partial charge in [0.25, 0.3) is 0 Å². The number of carboxylic acid groups (broad SMARTS) is 1. The molecule has 1 rings (SSSR count). The number of hydrogen-bond acceptors (Lipinski definition) is 3. The minimum atomic E-state index is -2.05. The van der Waals surface area contributed by atoms with Gasteiger partial charge in [0.15, 0.2) is 0 Å². The monoisotopic (exact) mass is 327 g/mol. The SMILES string of the molecule is CC(C)(C)[C@H](C(=O)N1CCC(F)(C#N)C1)N(C(=O)O)C(C)(C)C. The molecule has 7 heteroatoms. The first-order valence-electron chi connectivity index (χ1n) is 7.64. The number of hydrogen-bond donors (Lipinski definition) is 1. The summed E-state index contributed by atoms with van der Waals surface area (Å²) in [5.41, 5.74) is -3.51. The number of carbonyl (C=O) groups is 2. The zero-order valence-corrected chi connectivity index (χ0v) is 14.7. The van der Waals surface area contributed by atoms with Crippen LogP contribution in [-0.2, 0) is 4.79 Å². The fraction of sp³-hybridized carbons (Fsp3) is 0.812. The van der Waals surface area contributed by atoms with Gasteiger partial charge in [-0.15, -0.1) is 0 Å². The zero-order valence-electron chi connectivity index (χ0n) is 14.7. The summed E-state index contributed by atoms with van der Waals surface area (Å²) in [4.78, 5) is 27.1. The Hall–Kier alpha value is -1.84. The van der Waals surface area contributed by atoms with Gasteiger partial charge in [0.1, 0.15) is 12.1 Å². The lowest BCUT2D eigenvalue weighted by atomic mass is 9.82. The van der Waals surface area contributed by atoms with E-state index in [-0.39, 0.29) is 19.5 Å². The van der Waals surface area contributed by atoms with Crippen LogP contribution in [0.25, 0.3) is 0 Å². The topological polar surface area (TPSA) is 84.6 Å². The second-order valence-electron chi connectivity index (χ2n) is 8.18. The molecule has 0 aromatic rings. The average Bonchev–Trinajstić information content (AvgIpc) is 2.75. The highest BCUT2D eigenvalue weighted by atomic mass is 19.1. The third kappa shape index (κ3) is 4.12. The van der Waals surface area contributed by atoms with Crippen molar-refractivity contribution in [3.05, 3.63) is 0 Å². The average molecular weight is 327 g/mol. The minimum absolute atomic E-state index is 0.0469. The lowest BCUT2D eigenvalue weighted by Gasteiger charge is -2.45. The molecule has 1 fully saturated rings. The van der Waals surface area contributed by atoms with Gasteiger partial charge in [-0.1, -0.05) is 20.8 Å². The highest BCUT2D eigenvalue weighted by Gasteiger charge is 2.49. The predicted octanol–water partition coefficient (Wildman–Crippen LogP) is 2.64. The molecule has 130 valence electrons. The first-order chi connectivity index (χ1) is 10.2. The van der Waals surface area contributed by atoms with Gasteiger partial charge in [-0.25, -0.2) is 9.18 Å². The molecular weight excluding hydrogens is 301 g/mol. The number of likely N-dealkylation sites (tertiary alicyclic amines) is 1. The molecule has 2 amide bonds. The summed E-state index contributed by atoms with van der Waals surface area (Å²) in [6, 6.07) is 0.637. The van der Waals surface area contributed by atoms with Crippen molar-refractivity contribution in [1.82, 2.24) is 9.80 Å². The Morgan fingerprint density at radius 2 is 1.83 bits per heavy atom. The summed E-state index contributed by atoms with van der Waals surface area (Å²) < 4.78 is 14.1. The highest BCUT2D eigenvalue weighted by molar-refractivity contribution is 5.87. The molecule has 0 spiro atoms.